The molecule has 0 spiro atoms. The van der Waals surface area contributed by atoms with Gasteiger partial charge in [-0.2, -0.15) is 13.2 Å². The van der Waals surface area contributed by atoms with Crippen LogP contribution in [0, 0.1) is 11.6 Å². The van der Waals surface area contributed by atoms with Crippen LogP contribution in [0.15, 0.2) is 65.9 Å². The number of hydrazine groups is 1. The molecule has 0 bridgehead atoms. The number of carbonyl (C=O) groups excluding carboxylic acids is 2. The molecule has 1 aromatic heterocycles. The van der Waals surface area contributed by atoms with Crippen molar-refractivity contribution < 1.29 is 31.5 Å². The van der Waals surface area contributed by atoms with Crippen molar-refractivity contribution in [3.63, 3.8) is 0 Å². The number of nitrogens with zero attached hydrogens (tertiary/aromatic N) is 3. The Morgan fingerprint density at radius 2 is 1.83 bits per heavy atom. The molecule has 2 aromatic carbocycles. The minimum absolute atomic E-state index is 0.00699. The van der Waals surface area contributed by atoms with Gasteiger partial charge in [-0.3, -0.25) is 19.6 Å². The van der Waals surface area contributed by atoms with Crippen LogP contribution in [0.2, 0.25) is 5.02 Å². The Bertz CT molecular complexity index is 1520. The van der Waals surface area contributed by atoms with Gasteiger partial charge in [0.15, 0.2) is 11.6 Å². The second-order valence-corrected chi connectivity index (χ2v) is 10.6. The quantitative estimate of drug-likeness (QED) is 0.119. The summed E-state index contributed by atoms with van der Waals surface area (Å²) in [6, 6.07) is 10.5. The molecule has 222 valence electrons. The first-order chi connectivity index (χ1) is 19.8. The Kier molecular flexibility index (Phi) is 9.03. The van der Waals surface area contributed by atoms with Crippen LogP contribution in [0.25, 0.3) is 11.1 Å². The monoisotopic (exact) mass is 606 g/mol. The van der Waals surface area contributed by atoms with Crippen molar-refractivity contribution in [2.24, 2.45) is 0 Å². The Labute approximate surface area is 244 Å². The molecule has 6 nitrogen and oxygen atoms in total. The van der Waals surface area contributed by atoms with Crippen molar-refractivity contribution in [1.29, 1.82) is 0 Å². The van der Waals surface area contributed by atoms with Gasteiger partial charge in [-0.15, -0.1) is 0 Å². The third-order valence-electron chi connectivity index (χ3n) is 7.87. The van der Waals surface area contributed by atoms with E-state index in [0.717, 1.165) is 24.8 Å². The van der Waals surface area contributed by atoms with Gasteiger partial charge in [0.2, 0.25) is 6.41 Å². The summed E-state index contributed by atoms with van der Waals surface area (Å²) in [6.45, 7) is 3.20. The van der Waals surface area contributed by atoms with Gasteiger partial charge < -0.3 is 5.32 Å². The van der Waals surface area contributed by atoms with Crippen LogP contribution >= 0.6 is 11.6 Å². The number of benzene rings is 2. The van der Waals surface area contributed by atoms with Crippen molar-refractivity contribution >= 4 is 29.6 Å². The SMILES string of the molecule is C/C(C(=O)Nc1ccc(Cl)cc1-c1ccc(C(F)(F)F)nc1)=C(/C)C1(N(C)N(C=O)Cc2cccc(F)c2F)CCC1. The Morgan fingerprint density at radius 1 is 1.12 bits per heavy atom. The summed E-state index contributed by atoms with van der Waals surface area (Å²) in [5.74, 6) is -2.52. The zero-order valence-corrected chi connectivity index (χ0v) is 23.8. The zero-order valence-electron chi connectivity index (χ0n) is 23.0. The average molecular weight is 607 g/mol. The van der Waals surface area contributed by atoms with Crippen molar-refractivity contribution in [1.82, 2.24) is 15.0 Å². The van der Waals surface area contributed by atoms with Crippen LogP contribution in [0.5, 0.6) is 0 Å². The number of anilines is 1. The van der Waals surface area contributed by atoms with Gasteiger partial charge in [0.25, 0.3) is 5.91 Å². The highest BCUT2D eigenvalue weighted by molar-refractivity contribution is 6.31. The van der Waals surface area contributed by atoms with E-state index in [2.05, 4.69) is 10.3 Å². The smallest absolute Gasteiger partial charge is 0.322 e. The zero-order chi connectivity index (χ0) is 30.8. The Morgan fingerprint density at radius 3 is 2.40 bits per heavy atom. The first kappa shape index (κ1) is 31.1. The number of likely N-dealkylation sites (N-methyl/N-ethyl adjacent to an activating group) is 1. The number of aromatic nitrogens is 1. The van der Waals surface area contributed by atoms with Crippen LogP contribution in [0.4, 0.5) is 27.6 Å². The number of nitrogens with one attached hydrogen (secondary N) is 1. The summed E-state index contributed by atoms with van der Waals surface area (Å²) < 4.78 is 67.1. The standard InChI is InChI=1S/C30H28ClF5N4O2/c1-18(19(2)29(12-5-13-29)39(3)40(17-41)16-21-6-4-7-24(32)27(21)33)28(42)38-25-10-9-22(31)14-23(25)20-8-11-26(37-15-20)30(34,35)36/h4,6-11,14-15,17H,5,12-13,16H2,1-3H3,(H,38,42)/b19-18+. The second kappa shape index (κ2) is 12.2. The minimum atomic E-state index is -4.60. The fourth-order valence-corrected chi connectivity index (χ4v) is 5.25. The van der Waals surface area contributed by atoms with E-state index in [1.165, 1.54) is 29.3 Å². The summed E-state index contributed by atoms with van der Waals surface area (Å²) in [5, 5.41) is 6.03. The predicted octanol–water partition coefficient (Wildman–Crippen LogP) is 7.40. The van der Waals surface area contributed by atoms with Crippen molar-refractivity contribution in [2.75, 3.05) is 12.4 Å². The van der Waals surface area contributed by atoms with Crippen LogP contribution < -0.4 is 5.32 Å². The van der Waals surface area contributed by atoms with E-state index >= 15 is 0 Å². The van der Waals surface area contributed by atoms with Crippen molar-refractivity contribution in [3.05, 3.63) is 93.8 Å². The lowest BCUT2D eigenvalue weighted by Gasteiger charge is -2.52. The molecule has 1 heterocycles. The normalized spacial score (nSPS) is 15.1. The van der Waals surface area contributed by atoms with E-state index in [1.807, 2.05) is 0 Å². The van der Waals surface area contributed by atoms with Gasteiger partial charge in [0.1, 0.15) is 5.69 Å². The van der Waals surface area contributed by atoms with Gasteiger partial charge in [-0.25, -0.2) is 13.8 Å². The maximum atomic E-state index is 14.3. The number of alkyl halides is 3. The number of pyridine rings is 1. The number of rotatable bonds is 9. The predicted molar refractivity (Wildman–Crippen MR) is 149 cm³/mol. The molecular formula is C30H28ClF5N4O2. The molecule has 12 heteroatoms. The lowest BCUT2D eigenvalue weighted by atomic mass is 9.70. The van der Waals surface area contributed by atoms with Crippen LogP contribution in [0.3, 0.4) is 0 Å². The van der Waals surface area contributed by atoms with Gasteiger partial charge in [0, 0.05) is 46.2 Å². The number of halogens is 6. The molecule has 3 aromatic rings. The summed E-state index contributed by atoms with van der Waals surface area (Å²) >= 11 is 6.16. The molecule has 0 aliphatic heterocycles. The number of carbonyl (C=O) groups is 2. The highest BCUT2D eigenvalue weighted by Gasteiger charge is 2.46. The van der Waals surface area contributed by atoms with E-state index in [1.54, 1.807) is 38.0 Å². The molecule has 42 heavy (non-hydrogen) atoms. The van der Waals surface area contributed by atoms with Gasteiger partial charge >= 0.3 is 6.18 Å². The highest BCUT2D eigenvalue weighted by Crippen LogP contribution is 2.45. The summed E-state index contributed by atoms with van der Waals surface area (Å²) in [6.07, 6.45) is -0.964. The molecule has 0 saturated heterocycles. The molecule has 0 unspecified atom stereocenters. The lowest BCUT2D eigenvalue weighted by molar-refractivity contribution is -0.150. The summed E-state index contributed by atoms with van der Waals surface area (Å²) in [4.78, 5) is 29.0. The minimum Gasteiger partial charge on any atom is -0.322 e. The van der Waals surface area contributed by atoms with Gasteiger partial charge in [-0.05, 0) is 69.0 Å². The molecular weight excluding hydrogens is 579 g/mol. The van der Waals surface area contributed by atoms with Crippen molar-refractivity contribution in [3.8, 4) is 11.1 Å². The molecule has 1 aliphatic carbocycles. The second-order valence-electron chi connectivity index (χ2n) is 10.1. The Balaban J connectivity index is 1.61. The van der Waals surface area contributed by atoms with E-state index in [9.17, 15) is 31.5 Å². The van der Waals surface area contributed by atoms with E-state index in [0.29, 0.717) is 52.2 Å². The first-order valence-electron chi connectivity index (χ1n) is 13.0. The lowest BCUT2D eigenvalue weighted by Crippen LogP contribution is -2.59. The largest absolute Gasteiger partial charge is 0.433 e. The number of hydrogen-bond donors (Lipinski definition) is 1. The van der Waals surface area contributed by atoms with E-state index < -0.39 is 35.0 Å². The fraction of sp³-hybridized carbons (Fsp3) is 0.300. The molecule has 1 saturated carbocycles. The van der Waals surface area contributed by atoms with Crippen LogP contribution in [0.1, 0.15) is 44.4 Å². The summed E-state index contributed by atoms with van der Waals surface area (Å²) in [5.41, 5.74) is 0.267. The average Bonchev–Trinajstić information content (AvgIpc) is 2.93. The first-order valence-corrected chi connectivity index (χ1v) is 13.4. The summed E-state index contributed by atoms with van der Waals surface area (Å²) in [7, 11) is 1.66. The number of hydrogen-bond acceptors (Lipinski definition) is 4. The van der Waals surface area contributed by atoms with E-state index in [-0.39, 0.29) is 12.1 Å². The topological polar surface area (TPSA) is 65.5 Å². The molecule has 1 fully saturated rings. The third kappa shape index (κ3) is 6.17. The maximum Gasteiger partial charge on any atom is 0.433 e. The molecule has 1 aliphatic rings. The Hall–Kier alpha value is -3.83. The van der Waals surface area contributed by atoms with Gasteiger partial charge in [-0.1, -0.05) is 29.8 Å². The number of amides is 2. The molecule has 4 rings (SSSR count). The van der Waals surface area contributed by atoms with Gasteiger partial charge in [0.05, 0.1) is 12.1 Å². The highest BCUT2D eigenvalue weighted by atomic mass is 35.5. The van der Waals surface area contributed by atoms with Crippen molar-refractivity contribution in [2.45, 2.75) is 51.4 Å². The molecule has 2 amide bonds. The van der Waals surface area contributed by atoms with Crippen LogP contribution in [-0.4, -0.2) is 39.9 Å². The molecule has 1 N–H and O–H groups in total. The maximum absolute atomic E-state index is 14.3. The molecule has 0 atom stereocenters. The van der Waals surface area contributed by atoms with Crippen LogP contribution in [-0.2, 0) is 22.3 Å². The van der Waals surface area contributed by atoms with E-state index in [4.69, 9.17) is 11.6 Å². The fourth-order valence-electron chi connectivity index (χ4n) is 5.08. The third-order valence-corrected chi connectivity index (χ3v) is 8.10. The molecule has 0 radical (unpaired) electrons.